The minimum absolute atomic E-state index is 0.371. The number of pyridine rings is 1. The smallest absolute Gasteiger partial charge is 0.356 e. The van der Waals surface area contributed by atoms with Gasteiger partial charge in [0.25, 0.3) is 0 Å². The molecule has 0 aromatic carbocycles. The molecule has 1 aromatic heterocycles. The number of esters is 1. The van der Waals surface area contributed by atoms with E-state index in [4.69, 9.17) is 0 Å². The highest BCUT2D eigenvalue weighted by molar-refractivity contribution is 9.10. The van der Waals surface area contributed by atoms with Crippen molar-refractivity contribution in [2.75, 3.05) is 7.11 Å². The van der Waals surface area contributed by atoms with Crippen molar-refractivity contribution in [3.8, 4) is 0 Å². The van der Waals surface area contributed by atoms with E-state index in [1.54, 1.807) is 6.07 Å². The highest BCUT2D eigenvalue weighted by Gasteiger charge is 2.17. The van der Waals surface area contributed by atoms with Gasteiger partial charge in [0.2, 0.25) is 0 Å². The van der Waals surface area contributed by atoms with Crippen LogP contribution in [0.5, 0.6) is 0 Å². The summed E-state index contributed by atoms with van der Waals surface area (Å²) < 4.78 is 5.64. The highest BCUT2D eigenvalue weighted by atomic mass is 79.9. The molecule has 0 fully saturated rings. The predicted molar refractivity (Wildman–Crippen MR) is 59.9 cm³/mol. The highest BCUT2D eigenvalue weighted by Crippen LogP contribution is 2.27. The topological polar surface area (TPSA) is 39.2 Å². The Balaban J connectivity index is 2.45. The normalized spacial score (nSPS) is 14.5. The number of aromatic nitrogens is 1. The van der Waals surface area contributed by atoms with Gasteiger partial charge >= 0.3 is 5.97 Å². The van der Waals surface area contributed by atoms with Crippen molar-refractivity contribution >= 4 is 21.9 Å². The van der Waals surface area contributed by atoms with Gasteiger partial charge in [0.15, 0.2) is 0 Å². The Kier molecular flexibility index (Phi) is 3.05. The molecule has 3 nitrogen and oxygen atoms in total. The molecule has 0 saturated carbocycles. The van der Waals surface area contributed by atoms with Crippen LogP contribution in [0.25, 0.3) is 0 Å². The van der Waals surface area contributed by atoms with Gasteiger partial charge in [-0.2, -0.15) is 0 Å². The molecule has 1 heterocycles. The molecule has 1 aliphatic carbocycles. The summed E-state index contributed by atoms with van der Waals surface area (Å²) in [4.78, 5) is 15.7. The number of ether oxygens (including phenoxy) is 1. The standard InChI is InChI=1S/C11H12BrNO2/c1-15-11(14)10-6-8(12)7-4-2-3-5-9(7)13-10/h6H,2-5H2,1H3. The van der Waals surface area contributed by atoms with Crippen LogP contribution in [0.1, 0.15) is 34.6 Å². The summed E-state index contributed by atoms with van der Waals surface area (Å²) >= 11 is 3.48. The van der Waals surface area contributed by atoms with Gasteiger partial charge in [-0.15, -0.1) is 0 Å². The average Bonchev–Trinajstić information content (AvgIpc) is 2.28. The van der Waals surface area contributed by atoms with Crippen molar-refractivity contribution in [3.05, 3.63) is 27.5 Å². The van der Waals surface area contributed by atoms with E-state index in [1.807, 2.05) is 0 Å². The Labute approximate surface area is 97.0 Å². The Bertz CT molecular complexity index is 404. The summed E-state index contributed by atoms with van der Waals surface area (Å²) in [5.74, 6) is -0.371. The zero-order chi connectivity index (χ0) is 10.8. The fourth-order valence-electron chi connectivity index (χ4n) is 1.86. The van der Waals surface area contributed by atoms with E-state index >= 15 is 0 Å². The molecular formula is C11H12BrNO2. The number of fused-ring (bicyclic) bond motifs is 1. The minimum atomic E-state index is -0.371. The molecule has 0 atom stereocenters. The maximum Gasteiger partial charge on any atom is 0.356 e. The number of rotatable bonds is 1. The van der Waals surface area contributed by atoms with Crippen molar-refractivity contribution in [2.24, 2.45) is 0 Å². The largest absolute Gasteiger partial charge is 0.464 e. The van der Waals surface area contributed by atoms with Gasteiger partial charge in [0.1, 0.15) is 5.69 Å². The molecule has 0 N–H and O–H groups in total. The molecule has 1 aromatic rings. The molecule has 15 heavy (non-hydrogen) atoms. The lowest BCUT2D eigenvalue weighted by atomic mass is 9.96. The average molecular weight is 270 g/mol. The van der Waals surface area contributed by atoms with Crippen LogP contribution in [-0.2, 0) is 17.6 Å². The maximum absolute atomic E-state index is 11.3. The lowest BCUT2D eigenvalue weighted by Gasteiger charge is -2.16. The van der Waals surface area contributed by atoms with Crippen LogP contribution in [0.2, 0.25) is 0 Å². The van der Waals surface area contributed by atoms with Gasteiger partial charge in [-0.25, -0.2) is 9.78 Å². The number of methoxy groups -OCH3 is 1. The third kappa shape index (κ3) is 2.04. The van der Waals surface area contributed by atoms with Gasteiger partial charge in [0.05, 0.1) is 7.11 Å². The third-order valence-electron chi connectivity index (χ3n) is 2.64. The Morgan fingerprint density at radius 1 is 1.47 bits per heavy atom. The predicted octanol–water partition coefficient (Wildman–Crippen LogP) is 2.51. The Hall–Kier alpha value is -0.900. The third-order valence-corrected chi connectivity index (χ3v) is 3.35. The van der Waals surface area contributed by atoms with E-state index < -0.39 is 0 Å². The fourth-order valence-corrected chi connectivity index (χ4v) is 2.51. The lowest BCUT2D eigenvalue weighted by Crippen LogP contribution is -2.12. The second-order valence-corrected chi connectivity index (χ2v) is 4.47. The first-order valence-electron chi connectivity index (χ1n) is 4.99. The molecule has 0 radical (unpaired) electrons. The molecule has 4 heteroatoms. The zero-order valence-corrected chi connectivity index (χ0v) is 10.1. The number of hydrogen-bond donors (Lipinski definition) is 0. The van der Waals surface area contributed by atoms with Gasteiger partial charge in [-0.05, 0) is 37.3 Å². The van der Waals surface area contributed by atoms with Crippen LogP contribution in [0.3, 0.4) is 0 Å². The SMILES string of the molecule is COC(=O)c1cc(Br)c2c(n1)CCCC2. The van der Waals surface area contributed by atoms with Crippen molar-refractivity contribution in [1.82, 2.24) is 4.98 Å². The van der Waals surface area contributed by atoms with Crippen LogP contribution in [0, 0.1) is 0 Å². The molecule has 1 aliphatic rings. The number of carbonyl (C=O) groups excluding carboxylic acids is 1. The van der Waals surface area contributed by atoms with E-state index in [9.17, 15) is 4.79 Å². The summed E-state index contributed by atoms with van der Waals surface area (Å²) in [5.41, 5.74) is 2.68. The molecule has 0 amide bonds. The first kappa shape index (κ1) is 10.6. The van der Waals surface area contributed by atoms with Crippen molar-refractivity contribution in [3.63, 3.8) is 0 Å². The van der Waals surface area contributed by atoms with Crippen molar-refractivity contribution < 1.29 is 9.53 Å². The first-order valence-corrected chi connectivity index (χ1v) is 5.78. The molecule has 0 bridgehead atoms. The van der Waals surface area contributed by atoms with Gasteiger partial charge < -0.3 is 4.74 Å². The number of aryl methyl sites for hydroxylation is 1. The minimum Gasteiger partial charge on any atom is -0.464 e. The second kappa shape index (κ2) is 4.31. The van der Waals surface area contributed by atoms with Gasteiger partial charge in [-0.3, -0.25) is 0 Å². The Morgan fingerprint density at radius 2 is 2.20 bits per heavy atom. The molecule has 2 rings (SSSR count). The monoisotopic (exact) mass is 269 g/mol. The summed E-state index contributed by atoms with van der Waals surface area (Å²) in [6, 6.07) is 1.75. The molecular weight excluding hydrogens is 258 g/mol. The summed E-state index contributed by atoms with van der Waals surface area (Å²) in [6.45, 7) is 0. The van der Waals surface area contributed by atoms with Gasteiger partial charge in [0, 0.05) is 10.2 Å². The lowest BCUT2D eigenvalue weighted by molar-refractivity contribution is 0.0593. The molecule has 80 valence electrons. The van der Waals surface area contributed by atoms with E-state index in [0.29, 0.717) is 5.69 Å². The maximum atomic E-state index is 11.3. The zero-order valence-electron chi connectivity index (χ0n) is 8.55. The molecule has 0 aliphatic heterocycles. The quantitative estimate of drug-likeness (QED) is 0.736. The number of halogens is 1. The van der Waals surface area contributed by atoms with E-state index in [1.165, 1.54) is 19.1 Å². The summed E-state index contributed by atoms with van der Waals surface area (Å²) in [7, 11) is 1.37. The second-order valence-electron chi connectivity index (χ2n) is 3.61. The van der Waals surface area contributed by atoms with E-state index in [-0.39, 0.29) is 5.97 Å². The van der Waals surface area contributed by atoms with Crippen LogP contribution in [-0.4, -0.2) is 18.1 Å². The first-order chi connectivity index (χ1) is 7.22. The fraction of sp³-hybridized carbons (Fsp3) is 0.455. The van der Waals surface area contributed by atoms with Crippen LogP contribution < -0.4 is 0 Å². The molecule has 0 unspecified atom stereocenters. The molecule has 0 spiro atoms. The molecule has 0 saturated heterocycles. The summed E-state index contributed by atoms with van der Waals surface area (Å²) in [5, 5.41) is 0. The van der Waals surface area contributed by atoms with E-state index in [0.717, 1.165) is 29.4 Å². The van der Waals surface area contributed by atoms with Crippen molar-refractivity contribution in [2.45, 2.75) is 25.7 Å². The number of nitrogens with zero attached hydrogens (tertiary/aromatic N) is 1. The van der Waals surface area contributed by atoms with E-state index in [2.05, 4.69) is 25.7 Å². The van der Waals surface area contributed by atoms with Crippen LogP contribution in [0.15, 0.2) is 10.5 Å². The number of carbonyl (C=O) groups is 1. The number of hydrogen-bond acceptors (Lipinski definition) is 3. The van der Waals surface area contributed by atoms with Crippen molar-refractivity contribution in [1.29, 1.82) is 0 Å². The van der Waals surface area contributed by atoms with Crippen LogP contribution >= 0.6 is 15.9 Å². The van der Waals surface area contributed by atoms with Crippen LogP contribution in [0.4, 0.5) is 0 Å². The summed E-state index contributed by atoms with van der Waals surface area (Å²) in [6.07, 6.45) is 4.35. The van der Waals surface area contributed by atoms with Gasteiger partial charge in [-0.1, -0.05) is 15.9 Å². The Morgan fingerprint density at radius 3 is 2.93 bits per heavy atom.